The van der Waals surface area contributed by atoms with Crippen molar-refractivity contribution >= 4 is 34.5 Å². The van der Waals surface area contributed by atoms with Crippen molar-refractivity contribution in [2.75, 3.05) is 5.32 Å². The fourth-order valence-electron chi connectivity index (χ4n) is 2.82. The van der Waals surface area contributed by atoms with Crippen LogP contribution in [0.5, 0.6) is 0 Å². The van der Waals surface area contributed by atoms with Gasteiger partial charge in [0.25, 0.3) is 11.5 Å². The van der Waals surface area contributed by atoms with Crippen molar-refractivity contribution in [1.82, 2.24) is 19.1 Å². The first-order valence-electron chi connectivity index (χ1n) is 8.45. The zero-order valence-corrected chi connectivity index (χ0v) is 16.3. The molecule has 3 aromatic heterocycles. The lowest BCUT2D eigenvalue weighted by Gasteiger charge is -2.06. The molecule has 0 spiro atoms. The van der Waals surface area contributed by atoms with Gasteiger partial charge in [-0.05, 0) is 31.2 Å². The van der Waals surface area contributed by atoms with Gasteiger partial charge < -0.3 is 18.9 Å². The zero-order valence-electron chi connectivity index (χ0n) is 15.5. The fraction of sp³-hybridized carbons (Fsp3) is 0.158. The SMILES string of the molecule is Cc1oc2ncn(C)c(=O)c2c1C(=O)Nc1ccc(Sc2nccn2C)cc1. The highest BCUT2D eigenvalue weighted by atomic mass is 32.2. The van der Waals surface area contributed by atoms with E-state index in [2.05, 4.69) is 15.3 Å². The first kappa shape index (κ1) is 18.1. The molecule has 0 aliphatic carbocycles. The standard InChI is InChI=1S/C19H17N5O3S/c1-11-14(15-17(27-11)21-10-24(3)18(15)26)16(25)22-12-4-6-13(7-5-12)28-19-20-8-9-23(19)2/h4-10H,1-3H3,(H,22,25). The summed E-state index contributed by atoms with van der Waals surface area (Å²) in [6.45, 7) is 1.64. The normalized spacial score (nSPS) is 11.1. The lowest BCUT2D eigenvalue weighted by atomic mass is 10.1. The molecule has 4 rings (SSSR count). The maximum atomic E-state index is 12.8. The predicted octanol–water partition coefficient (Wildman–Crippen LogP) is 2.97. The van der Waals surface area contributed by atoms with Crippen LogP contribution in [0.1, 0.15) is 16.1 Å². The van der Waals surface area contributed by atoms with E-state index in [1.165, 1.54) is 22.7 Å². The average Bonchev–Trinajstić information content (AvgIpc) is 3.23. The van der Waals surface area contributed by atoms with Crippen LogP contribution in [0.25, 0.3) is 11.1 Å². The summed E-state index contributed by atoms with van der Waals surface area (Å²) in [5.74, 6) is -0.0592. The number of aromatic nitrogens is 4. The summed E-state index contributed by atoms with van der Waals surface area (Å²) in [7, 11) is 3.51. The Labute approximate surface area is 164 Å². The van der Waals surface area contributed by atoms with Gasteiger partial charge in [-0.25, -0.2) is 9.97 Å². The number of nitrogens with one attached hydrogen (secondary N) is 1. The van der Waals surface area contributed by atoms with Crippen LogP contribution in [-0.4, -0.2) is 25.0 Å². The largest absolute Gasteiger partial charge is 0.442 e. The van der Waals surface area contributed by atoms with Crippen LogP contribution in [-0.2, 0) is 14.1 Å². The second-order valence-corrected chi connectivity index (χ2v) is 7.32. The Kier molecular flexibility index (Phi) is 4.52. The van der Waals surface area contributed by atoms with E-state index in [4.69, 9.17) is 4.42 Å². The predicted molar refractivity (Wildman–Crippen MR) is 106 cm³/mol. The summed E-state index contributed by atoms with van der Waals surface area (Å²) >= 11 is 1.53. The molecule has 0 radical (unpaired) electrons. The van der Waals surface area contributed by atoms with Crippen LogP contribution < -0.4 is 10.9 Å². The van der Waals surface area contributed by atoms with Crippen molar-refractivity contribution in [1.29, 1.82) is 0 Å². The Bertz CT molecular complexity index is 1240. The molecule has 0 unspecified atom stereocenters. The molecular formula is C19H17N5O3S. The Hall–Kier alpha value is -3.33. The highest BCUT2D eigenvalue weighted by Crippen LogP contribution is 2.27. The number of hydrogen-bond donors (Lipinski definition) is 1. The molecule has 0 aliphatic heterocycles. The van der Waals surface area contributed by atoms with Gasteiger partial charge in [0.05, 0.1) is 5.56 Å². The smallest absolute Gasteiger partial charge is 0.265 e. The summed E-state index contributed by atoms with van der Waals surface area (Å²) in [5, 5.41) is 3.87. The maximum Gasteiger partial charge on any atom is 0.265 e. The number of amides is 1. The third-order valence-corrected chi connectivity index (χ3v) is 5.36. The van der Waals surface area contributed by atoms with Gasteiger partial charge in [0, 0.05) is 37.1 Å². The van der Waals surface area contributed by atoms with E-state index in [1.807, 2.05) is 29.9 Å². The lowest BCUT2D eigenvalue weighted by Crippen LogP contribution is -2.20. The number of carbonyl (C=O) groups is 1. The zero-order chi connectivity index (χ0) is 19.8. The molecule has 0 atom stereocenters. The van der Waals surface area contributed by atoms with Gasteiger partial charge in [-0.1, -0.05) is 11.8 Å². The lowest BCUT2D eigenvalue weighted by molar-refractivity contribution is 0.102. The number of imidazole rings is 1. The van der Waals surface area contributed by atoms with Gasteiger partial charge >= 0.3 is 0 Å². The van der Waals surface area contributed by atoms with Gasteiger partial charge in [0.15, 0.2) is 5.16 Å². The second kappa shape index (κ2) is 7.01. The van der Waals surface area contributed by atoms with Gasteiger partial charge in [0.1, 0.15) is 17.5 Å². The minimum atomic E-state index is -0.411. The molecule has 3 heterocycles. The molecule has 0 saturated heterocycles. The van der Waals surface area contributed by atoms with Gasteiger partial charge in [-0.15, -0.1) is 0 Å². The number of rotatable bonds is 4. The monoisotopic (exact) mass is 395 g/mol. The number of benzene rings is 1. The van der Waals surface area contributed by atoms with E-state index >= 15 is 0 Å². The van der Waals surface area contributed by atoms with Crippen molar-refractivity contribution in [3.05, 3.63) is 64.7 Å². The Morgan fingerprint density at radius 1 is 1.14 bits per heavy atom. The first-order chi connectivity index (χ1) is 13.4. The minimum absolute atomic E-state index is 0.160. The highest BCUT2D eigenvalue weighted by Gasteiger charge is 2.22. The van der Waals surface area contributed by atoms with Crippen molar-refractivity contribution in [2.24, 2.45) is 14.1 Å². The van der Waals surface area contributed by atoms with Crippen LogP contribution in [0.15, 0.2) is 62.3 Å². The molecule has 142 valence electrons. The van der Waals surface area contributed by atoms with Gasteiger partial charge in [0.2, 0.25) is 5.71 Å². The number of anilines is 1. The highest BCUT2D eigenvalue weighted by molar-refractivity contribution is 7.99. The summed E-state index contributed by atoms with van der Waals surface area (Å²) < 4.78 is 8.73. The third-order valence-electron chi connectivity index (χ3n) is 4.27. The molecule has 0 bridgehead atoms. The summed E-state index contributed by atoms with van der Waals surface area (Å²) in [6.07, 6.45) is 4.99. The Morgan fingerprint density at radius 2 is 1.89 bits per heavy atom. The second-order valence-electron chi connectivity index (χ2n) is 6.28. The topological polar surface area (TPSA) is 94.9 Å². The molecule has 1 aromatic carbocycles. The van der Waals surface area contributed by atoms with Crippen LogP contribution in [0.4, 0.5) is 5.69 Å². The Balaban J connectivity index is 1.58. The number of aryl methyl sites for hydroxylation is 3. The molecule has 0 aliphatic rings. The van der Waals surface area contributed by atoms with Gasteiger partial charge in [-0.3, -0.25) is 9.59 Å². The minimum Gasteiger partial charge on any atom is -0.442 e. The number of fused-ring (bicyclic) bond motifs is 1. The van der Waals surface area contributed by atoms with Crippen molar-refractivity contribution in [3.8, 4) is 0 Å². The Morgan fingerprint density at radius 3 is 2.57 bits per heavy atom. The quantitative estimate of drug-likeness (QED) is 0.571. The first-order valence-corrected chi connectivity index (χ1v) is 9.27. The molecule has 0 fully saturated rings. The molecule has 0 saturated carbocycles. The van der Waals surface area contributed by atoms with Crippen molar-refractivity contribution in [3.63, 3.8) is 0 Å². The van der Waals surface area contributed by atoms with Crippen molar-refractivity contribution < 1.29 is 9.21 Å². The fourth-order valence-corrected chi connectivity index (χ4v) is 3.62. The van der Waals surface area contributed by atoms with Crippen LogP contribution in [0.2, 0.25) is 0 Å². The van der Waals surface area contributed by atoms with Crippen molar-refractivity contribution in [2.45, 2.75) is 17.0 Å². The molecule has 8 nitrogen and oxygen atoms in total. The number of hydrogen-bond acceptors (Lipinski definition) is 6. The average molecular weight is 395 g/mol. The number of nitrogens with zero attached hydrogens (tertiary/aromatic N) is 4. The molecule has 1 amide bonds. The van der Waals surface area contributed by atoms with E-state index < -0.39 is 5.91 Å². The third kappa shape index (κ3) is 3.20. The van der Waals surface area contributed by atoms with Gasteiger partial charge in [-0.2, -0.15) is 0 Å². The van der Waals surface area contributed by atoms with Crippen LogP contribution in [0, 0.1) is 6.92 Å². The number of carbonyl (C=O) groups excluding carboxylic acids is 1. The van der Waals surface area contributed by atoms with Crippen LogP contribution >= 0.6 is 11.8 Å². The van der Waals surface area contributed by atoms with E-state index in [-0.39, 0.29) is 22.2 Å². The van der Waals surface area contributed by atoms with E-state index in [1.54, 1.807) is 32.3 Å². The number of furan rings is 1. The molecular weight excluding hydrogens is 378 g/mol. The van der Waals surface area contributed by atoms with E-state index in [9.17, 15) is 9.59 Å². The molecule has 1 N–H and O–H groups in total. The summed E-state index contributed by atoms with van der Waals surface area (Å²) in [5.41, 5.74) is 0.653. The van der Waals surface area contributed by atoms with E-state index in [0.717, 1.165) is 10.1 Å². The van der Waals surface area contributed by atoms with E-state index in [0.29, 0.717) is 11.4 Å². The maximum absolute atomic E-state index is 12.8. The summed E-state index contributed by atoms with van der Waals surface area (Å²) in [6, 6.07) is 7.40. The molecule has 9 heteroatoms. The molecule has 4 aromatic rings. The molecule has 28 heavy (non-hydrogen) atoms. The summed E-state index contributed by atoms with van der Waals surface area (Å²) in [4.78, 5) is 34.6. The van der Waals surface area contributed by atoms with Crippen LogP contribution in [0.3, 0.4) is 0 Å².